The first-order valence-electron chi connectivity index (χ1n) is 7.58. The van der Waals surface area contributed by atoms with Gasteiger partial charge >= 0.3 is 0 Å². The molecular formula is C18H21ClN2O2. The van der Waals surface area contributed by atoms with Crippen molar-refractivity contribution < 1.29 is 9.53 Å². The van der Waals surface area contributed by atoms with Crippen LogP contribution in [0.2, 0.25) is 5.02 Å². The van der Waals surface area contributed by atoms with Crippen molar-refractivity contribution in [1.29, 1.82) is 0 Å². The second-order valence-electron chi connectivity index (χ2n) is 5.58. The highest BCUT2D eigenvalue weighted by Gasteiger charge is 2.05. The van der Waals surface area contributed by atoms with E-state index in [4.69, 9.17) is 16.3 Å². The van der Waals surface area contributed by atoms with E-state index in [2.05, 4.69) is 10.3 Å². The number of nitrogens with one attached hydrogen (secondary N) is 1. The topological polar surface area (TPSA) is 51.2 Å². The molecule has 0 aliphatic rings. The first-order chi connectivity index (χ1) is 10.9. The average molecular weight is 333 g/mol. The molecule has 2 rings (SSSR count). The van der Waals surface area contributed by atoms with Crippen LogP contribution >= 0.6 is 11.6 Å². The van der Waals surface area contributed by atoms with E-state index in [0.717, 1.165) is 22.6 Å². The SMILES string of the molecule is Cc1cc(C)nc(NC(=O)CCCOc2ccc(Cl)cc2C)c1. The van der Waals surface area contributed by atoms with Crippen LogP contribution in [0.3, 0.4) is 0 Å². The zero-order chi connectivity index (χ0) is 16.8. The molecule has 1 aromatic heterocycles. The van der Waals surface area contributed by atoms with E-state index in [1.165, 1.54) is 0 Å². The van der Waals surface area contributed by atoms with Crippen LogP contribution in [0, 0.1) is 20.8 Å². The molecule has 0 spiro atoms. The molecule has 0 atom stereocenters. The van der Waals surface area contributed by atoms with Gasteiger partial charge in [0, 0.05) is 17.1 Å². The number of ether oxygens (including phenoxy) is 1. The summed E-state index contributed by atoms with van der Waals surface area (Å²) in [7, 11) is 0. The molecule has 0 saturated heterocycles. The van der Waals surface area contributed by atoms with Crippen LogP contribution in [-0.2, 0) is 4.79 Å². The van der Waals surface area contributed by atoms with Gasteiger partial charge in [0.1, 0.15) is 11.6 Å². The van der Waals surface area contributed by atoms with Gasteiger partial charge in [0.25, 0.3) is 0 Å². The van der Waals surface area contributed by atoms with Crippen LogP contribution in [0.4, 0.5) is 5.82 Å². The van der Waals surface area contributed by atoms with Crippen molar-refractivity contribution in [2.75, 3.05) is 11.9 Å². The van der Waals surface area contributed by atoms with E-state index in [0.29, 0.717) is 30.3 Å². The Morgan fingerprint density at radius 1 is 1.22 bits per heavy atom. The van der Waals surface area contributed by atoms with Crippen molar-refractivity contribution in [2.45, 2.75) is 33.6 Å². The molecule has 0 saturated carbocycles. The molecule has 5 heteroatoms. The zero-order valence-electron chi connectivity index (χ0n) is 13.6. The van der Waals surface area contributed by atoms with Crippen LogP contribution in [-0.4, -0.2) is 17.5 Å². The lowest BCUT2D eigenvalue weighted by Gasteiger charge is -2.10. The number of halogens is 1. The summed E-state index contributed by atoms with van der Waals surface area (Å²) in [6, 6.07) is 9.32. The Bertz CT molecular complexity index is 681. The fraction of sp³-hybridized carbons (Fsp3) is 0.333. The number of aromatic nitrogens is 1. The van der Waals surface area contributed by atoms with Gasteiger partial charge in [0.15, 0.2) is 0 Å². The highest BCUT2D eigenvalue weighted by Crippen LogP contribution is 2.22. The lowest BCUT2D eigenvalue weighted by molar-refractivity contribution is -0.116. The molecule has 1 aromatic carbocycles. The zero-order valence-corrected chi connectivity index (χ0v) is 14.4. The summed E-state index contributed by atoms with van der Waals surface area (Å²) in [5.41, 5.74) is 2.96. The van der Waals surface area contributed by atoms with Crippen LogP contribution in [0.25, 0.3) is 0 Å². The first-order valence-corrected chi connectivity index (χ1v) is 7.96. The maximum absolute atomic E-state index is 11.9. The van der Waals surface area contributed by atoms with E-state index in [9.17, 15) is 4.79 Å². The number of hydrogen-bond acceptors (Lipinski definition) is 3. The molecule has 1 amide bonds. The number of pyridine rings is 1. The van der Waals surface area contributed by atoms with Crippen molar-refractivity contribution in [2.24, 2.45) is 0 Å². The first kappa shape index (κ1) is 17.3. The summed E-state index contributed by atoms with van der Waals surface area (Å²) in [4.78, 5) is 16.2. The Morgan fingerprint density at radius 3 is 2.70 bits per heavy atom. The molecular weight excluding hydrogens is 312 g/mol. The number of anilines is 1. The lowest BCUT2D eigenvalue weighted by atomic mass is 10.2. The molecule has 0 aliphatic carbocycles. The Morgan fingerprint density at radius 2 is 2.00 bits per heavy atom. The molecule has 0 unspecified atom stereocenters. The smallest absolute Gasteiger partial charge is 0.225 e. The van der Waals surface area contributed by atoms with Crippen LogP contribution < -0.4 is 10.1 Å². The minimum atomic E-state index is -0.0565. The van der Waals surface area contributed by atoms with Gasteiger partial charge in [-0.1, -0.05) is 11.6 Å². The van der Waals surface area contributed by atoms with E-state index in [1.54, 1.807) is 6.07 Å². The maximum atomic E-state index is 11.9. The quantitative estimate of drug-likeness (QED) is 0.795. The number of rotatable bonds is 6. The van der Waals surface area contributed by atoms with Gasteiger partial charge in [-0.3, -0.25) is 4.79 Å². The lowest BCUT2D eigenvalue weighted by Crippen LogP contribution is -2.14. The second kappa shape index (κ2) is 7.97. The Labute approximate surface area is 141 Å². The largest absolute Gasteiger partial charge is 0.493 e. The van der Waals surface area contributed by atoms with E-state index in [-0.39, 0.29) is 5.91 Å². The van der Waals surface area contributed by atoms with E-state index < -0.39 is 0 Å². The van der Waals surface area contributed by atoms with Crippen LogP contribution in [0.1, 0.15) is 29.7 Å². The highest BCUT2D eigenvalue weighted by molar-refractivity contribution is 6.30. The number of benzene rings is 1. The number of carbonyl (C=O) groups excluding carboxylic acids is 1. The van der Waals surface area contributed by atoms with Crippen LogP contribution in [0.15, 0.2) is 30.3 Å². The van der Waals surface area contributed by atoms with Gasteiger partial charge < -0.3 is 10.1 Å². The predicted molar refractivity (Wildman–Crippen MR) is 93.3 cm³/mol. The Kier molecular flexibility index (Phi) is 5.99. The third-order valence-electron chi connectivity index (χ3n) is 3.31. The normalized spacial score (nSPS) is 10.4. The van der Waals surface area contributed by atoms with Gasteiger partial charge in [0.2, 0.25) is 5.91 Å². The monoisotopic (exact) mass is 332 g/mol. The highest BCUT2D eigenvalue weighted by atomic mass is 35.5. The minimum absolute atomic E-state index is 0.0565. The fourth-order valence-electron chi connectivity index (χ4n) is 2.30. The summed E-state index contributed by atoms with van der Waals surface area (Å²) in [5, 5.41) is 3.51. The van der Waals surface area contributed by atoms with Crippen molar-refractivity contribution >= 4 is 23.3 Å². The third kappa shape index (κ3) is 5.57. The maximum Gasteiger partial charge on any atom is 0.225 e. The summed E-state index contributed by atoms with van der Waals surface area (Å²) < 4.78 is 5.68. The molecule has 122 valence electrons. The number of carbonyl (C=O) groups is 1. The molecule has 0 bridgehead atoms. The number of hydrogen-bond donors (Lipinski definition) is 1. The van der Waals surface area contributed by atoms with Crippen molar-refractivity contribution in [3.8, 4) is 5.75 Å². The van der Waals surface area contributed by atoms with Gasteiger partial charge in [0.05, 0.1) is 6.61 Å². The number of aryl methyl sites for hydroxylation is 3. The molecule has 0 fully saturated rings. The molecule has 4 nitrogen and oxygen atoms in total. The molecule has 0 radical (unpaired) electrons. The standard InChI is InChI=1S/C18H21ClN2O2/c1-12-9-14(3)20-17(10-12)21-18(22)5-4-8-23-16-7-6-15(19)11-13(16)2/h6-7,9-11H,4-5,8H2,1-3H3,(H,20,21,22). The Hall–Kier alpha value is -2.07. The average Bonchev–Trinajstić information content (AvgIpc) is 2.44. The predicted octanol–water partition coefficient (Wildman–Crippen LogP) is 4.46. The third-order valence-corrected chi connectivity index (χ3v) is 3.54. The van der Waals surface area contributed by atoms with E-state index in [1.807, 2.05) is 45.0 Å². The Balaban J connectivity index is 1.76. The summed E-state index contributed by atoms with van der Waals surface area (Å²) >= 11 is 5.90. The van der Waals surface area contributed by atoms with E-state index >= 15 is 0 Å². The molecule has 0 aliphatic heterocycles. The summed E-state index contributed by atoms with van der Waals surface area (Å²) in [6.45, 7) is 6.31. The fourth-order valence-corrected chi connectivity index (χ4v) is 2.53. The molecule has 1 N–H and O–H groups in total. The van der Waals surface area contributed by atoms with Crippen molar-refractivity contribution in [3.63, 3.8) is 0 Å². The van der Waals surface area contributed by atoms with Gasteiger partial charge in [-0.05, 0) is 68.7 Å². The van der Waals surface area contributed by atoms with Gasteiger partial charge in [-0.15, -0.1) is 0 Å². The number of nitrogens with zero attached hydrogens (tertiary/aromatic N) is 1. The van der Waals surface area contributed by atoms with Crippen molar-refractivity contribution in [1.82, 2.24) is 4.98 Å². The number of amides is 1. The van der Waals surface area contributed by atoms with Crippen LogP contribution in [0.5, 0.6) is 5.75 Å². The molecule has 23 heavy (non-hydrogen) atoms. The summed E-state index contributed by atoms with van der Waals surface area (Å²) in [6.07, 6.45) is 1.03. The second-order valence-corrected chi connectivity index (χ2v) is 6.02. The molecule has 2 aromatic rings. The van der Waals surface area contributed by atoms with Gasteiger partial charge in [-0.25, -0.2) is 4.98 Å². The summed E-state index contributed by atoms with van der Waals surface area (Å²) in [5.74, 6) is 1.34. The minimum Gasteiger partial charge on any atom is -0.493 e. The molecule has 1 heterocycles. The van der Waals surface area contributed by atoms with Crippen molar-refractivity contribution in [3.05, 3.63) is 52.2 Å². The van der Waals surface area contributed by atoms with Gasteiger partial charge in [-0.2, -0.15) is 0 Å².